The maximum Gasteiger partial charge on any atom is 0.249 e. The number of nitrogens with zero attached hydrogens (tertiary/aromatic N) is 1. The molecule has 0 aromatic carbocycles. The maximum absolute atomic E-state index is 12.8. The summed E-state index contributed by atoms with van der Waals surface area (Å²) in [4.78, 5) is 37.2. The third-order valence-electron chi connectivity index (χ3n) is 4.90. The molecule has 0 aromatic rings. The van der Waals surface area contributed by atoms with Crippen LogP contribution in [0.25, 0.3) is 0 Å². The van der Waals surface area contributed by atoms with Crippen LogP contribution in [0.5, 0.6) is 0 Å². The summed E-state index contributed by atoms with van der Waals surface area (Å²) in [5.41, 5.74) is 4.66. The first kappa shape index (κ1) is 15.9. The number of nitrogens with one attached hydrogen (secondary N) is 1. The highest BCUT2D eigenvalue weighted by Crippen LogP contribution is 2.50. The highest BCUT2D eigenvalue weighted by molar-refractivity contribution is 6.05. The number of piperazine rings is 1. The summed E-state index contributed by atoms with van der Waals surface area (Å²) in [6.07, 6.45) is 0.298. The quantitative estimate of drug-likeness (QED) is 0.677. The molecule has 2 aliphatic rings. The predicted molar refractivity (Wildman–Crippen MR) is 75.1 cm³/mol. The Labute approximate surface area is 124 Å². The van der Waals surface area contributed by atoms with Crippen LogP contribution >= 0.6 is 0 Å². The van der Waals surface area contributed by atoms with Crippen molar-refractivity contribution in [3.63, 3.8) is 0 Å². The average molecular weight is 297 g/mol. The summed E-state index contributed by atoms with van der Waals surface area (Å²) in [6, 6.07) is -0.697. The monoisotopic (exact) mass is 297 g/mol. The van der Waals surface area contributed by atoms with Crippen LogP contribution in [0.3, 0.4) is 0 Å². The van der Waals surface area contributed by atoms with Crippen LogP contribution in [0, 0.1) is 5.41 Å². The van der Waals surface area contributed by atoms with Gasteiger partial charge in [0.25, 0.3) is 0 Å². The second kappa shape index (κ2) is 5.06. The van der Waals surface area contributed by atoms with E-state index < -0.39 is 28.8 Å². The highest BCUT2D eigenvalue weighted by Gasteiger charge is 2.64. The van der Waals surface area contributed by atoms with Gasteiger partial charge in [0.2, 0.25) is 17.7 Å². The molecular weight excluding hydrogens is 274 g/mol. The predicted octanol–water partition coefficient (Wildman–Crippen LogP) is -0.608. The van der Waals surface area contributed by atoms with Crippen molar-refractivity contribution in [2.24, 2.45) is 11.1 Å². The third-order valence-corrected chi connectivity index (χ3v) is 4.90. The molecule has 1 aliphatic heterocycles. The number of hydrogen-bond acceptors (Lipinski definition) is 5. The number of carbonyl (C=O) groups excluding carboxylic acids is 3. The average Bonchev–Trinajstić information content (AvgIpc) is 2.41. The zero-order valence-electron chi connectivity index (χ0n) is 12.9. The fourth-order valence-electron chi connectivity index (χ4n) is 3.02. The Bertz CT molecular complexity index is 491. The standard InChI is InChI=1S/C14H23N3O4/c1-5-21-9-6-14(15,13(9,3)4)12(20)17-7-10(18)16-11(19)8(17)2/h8-9H,5-7,15H2,1-4H3,(H,16,18,19). The van der Waals surface area contributed by atoms with E-state index in [-0.39, 0.29) is 18.6 Å². The van der Waals surface area contributed by atoms with Crippen LogP contribution in [0.4, 0.5) is 0 Å². The van der Waals surface area contributed by atoms with Gasteiger partial charge in [-0.2, -0.15) is 0 Å². The fraction of sp³-hybridized carbons (Fsp3) is 0.786. The van der Waals surface area contributed by atoms with E-state index in [9.17, 15) is 14.4 Å². The third kappa shape index (κ3) is 2.24. The molecule has 7 heteroatoms. The summed E-state index contributed by atoms with van der Waals surface area (Å²) in [6.45, 7) is 7.66. The van der Waals surface area contributed by atoms with Crippen molar-refractivity contribution in [1.29, 1.82) is 0 Å². The molecular formula is C14H23N3O4. The molecule has 0 aromatic heterocycles. The van der Waals surface area contributed by atoms with Crippen molar-refractivity contribution in [2.75, 3.05) is 13.2 Å². The Morgan fingerprint density at radius 3 is 2.62 bits per heavy atom. The van der Waals surface area contributed by atoms with Gasteiger partial charge < -0.3 is 15.4 Å². The minimum atomic E-state index is -1.11. The molecule has 1 heterocycles. The SMILES string of the molecule is CCOC1CC(N)(C(=O)N2CC(=O)NC(=O)C2C)C1(C)C. The van der Waals surface area contributed by atoms with E-state index in [0.717, 1.165) is 0 Å². The van der Waals surface area contributed by atoms with E-state index in [1.807, 2.05) is 20.8 Å². The molecule has 21 heavy (non-hydrogen) atoms. The second-order valence-corrected chi connectivity index (χ2v) is 6.36. The van der Waals surface area contributed by atoms with Gasteiger partial charge in [-0.1, -0.05) is 13.8 Å². The molecule has 1 saturated heterocycles. The van der Waals surface area contributed by atoms with Crippen molar-refractivity contribution in [3.05, 3.63) is 0 Å². The fourth-order valence-corrected chi connectivity index (χ4v) is 3.02. The number of amides is 3. The lowest BCUT2D eigenvalue weighted by molar-refractivity contribution is -0.183. The summed E-state index contributed by atoms with van der Waals surface area (Å²) >= 11 is 0. The van der Waals surface area contributed by atoms with Gasteiger partial charge in [0.1, 0.15) is 18.1 Å². The molecule has 7 nitrogen and oxygen atoms in total. The van der Waals surface area contributed by atoms with Crippen molar-refractivity contribution < 1.29 is 19.1 Å². The van der Waals surface area contributed by atoms with Gasteiger partial charge >= 0.3 is 0 Å². The maximum atomic E-state index is 12.8. The van der Waals surface area contributed by atoms with Crippen molar-refractivity contribution in [1.82, 2.24) is 10.2 Å². The largest absolute Gasteiger partial charge is 0.378 e. The first-order valence-corrected chi connectivity index (χ1v) is 7.20. The van der Waals surface area contributed by atoms with Crippen LogP contribution in [0.1, 0.15) is 34.1 Å². The molecule has 0 spiro atoms. The molecule has 3 N–H and O–H groups in total. The lowest BCUT2D eigenvalue weighted by Crippen LogP contribution is -2.77. The number of rotatable bonds is 3. The van der Waals surface area contributed by atoms with Crippen LogP contribution in [0.2, 0.25) is 0 Å². The summed E-state index contributed by atoms with van der Waals surface area (Å²) < 4.78 is 5.60. The minimum absolute atomic E-state index is 0.0962. The van der Waals surface area contributed by atoms with Crippen LogP contribution in [-0.2, 0) is 19.1 Å². The Hall–Kier alpha value is -1.47. The lowest BCUT2D eigenvalue weighted by atomic mass is 9.54. The molecule has 0 radical (unpaired) electrons. The highest BCUT2D eigenvalue weighted by atomic mass is 16.5. The zero-order chi connectivity index (χ0) is 16.0. The number of carbonyl (C=O) groups is 3. The molecule has 3 amide bonds. The van der Waals surface area contributed by atoms with Gasteiger partial charge in [-0.25, -0.2) is 0 Å². The normalized spacial score (nSPS) is 35.2. The summed E-state index contributed by atoms with van der Waals surface area (Å²) in [7, 11) is 0. The van der Waals surface area contributed by atoms with Crippen molar-refractivity contribution in [2.45, 2.75) is 51.8 Å². The molecule has 118 valence electrons. The Kier molecular flexibility index (Phi) is 3.84. The van der Waals surface area contributed by atoms with Crippen molar-refractivity contribution in [3.8, 4) is 0 Å². The Balaban J connectivity index is 2.20. The van der Waals surface area contributed by atoms with E-state index in [0.29, 0.717) is 13.0 Å². The molecule has 3 unspecified atom stereocenters. The van der Waals surface area contributed by atoms with Gasteiger partial charge in [0.05, 0.1) is 6.10 Å². The number of ether oxygens (including phenoxy) is 1. The number of hydrogen-bond donors (Lipinski definition) is 2. The number of imide groups is 1. The van der Waals surface area contributed by atoms with E-state index in [4.69, 9.17) is 10.5 Å². The first-order valence-electron chi connectivity index (χ1n) is 7.20. The second-order valence-electron chi connectivity index (χ2n) is 6.36. The molecule has 1 aliphatic carbocycles. The Morgan fingerprint density at radius 1 is 1.48 bits per heavy atom. The smallest absolute Gasteiger partial charge is 0.249 e. The van der Waals surface area contributed by atoms with Gasteiger partial charge in [0, 0.05) is 18.4 Å². The summed E-state index contributed by atoms with van der Waals surface area (Å²) in [5.74, 6) is -1.31. The van der Waals surface area contributed by atoms with E-state index >= 15 is 0 Å². The van der Waals surface area contributed by atoms with E-state index in [2.05, 4.69) is 5.32 Å². The van der Waals surface area contributed by atoms with Gasteiger partial charge in [-0.15, -0.1) is 0 Å². The van der Waals surface area contributed by atoms with E-state index in [1.165, 1.54) is 4.90 Å². The first-order chi connectivity index (χ1) is 9.65. The topological polar surface area (TPSA) is 102 Å². The van der Waals surface area contributed by atoms with Gasteiger partial charge in [-0.3, -0.25) is 19.7 Å². The van der Waals surface area contributed by atoms with Crippen molar-refractivity contribution >= 4 is 17.7 Å². The zero-order valence-corrected chi connectivity index (χ0v) is 12.9. The number of nitrogens with two attached hydrogens (primary N) is 1. The Morgan fingerprint density at radius 2 is 2.10 bits per heavy atom. The lowest BCUT2D eigenvalue weighted by Gasteiger charge is -2.59. The van der Waals surface area contributed by atoms with Crippen LogP contribution in [0.15, 0.2) is 0 Å². The molecule has 0 bridgehead atoms. The molecule has 2 rings (SSSR count). The van der Waals surface area contributed by atoms with Crippen LogP contribution < -0.4 is 11.1 Å². The van der Waals surface area contributed by atoms with Crippen LogP contribution in [-0.4, -0.2) is 53.5 Å². The molecule has 1 saturated carbocycles. The minimum Gasteiger partial charge on any atom is -0.378 e. The molecule has 2 fully saturated rings. The summed E-state index contributed by atoms with van der Waals surface area (Å²) in [5, 5.41) is 2.21. The van der Waals surface area contributed by atoms with E-state index in [1.54, 1.807) is 6.92 Å². The molecule has 3 atom stereocenters. The van der Waals surface area contributed by atoms with Gasteiger partial charge in [-0.05, 0) is 13.8 Å². The van der Waals surface area contributed by atoms with Gasteiger partial charge in [0.15, 0.2) is 0 Å².